The molecule has 0 atom stereocenters. The highest BCUT2D eigenvalue weighted by atomic mass is 32.2. The second kappa shape index (κ2) is 10.00. The fourth-order valence-corrected chi connectivity index (χ4v) is 3.87. The molecule has 1 N–H and O–H groups in total. The molecule has 0 radical (unpaired) electrons. The average Bonchev–Trinajstić information content (AvgIpc) is 2.79. The number of phenolic OH excluding ortho intramolecular Hbond substituents is 1. The molecule has 0 saturated carbocycles. The Labute approximate surface area is 160 Å². The summed E-state index contributed by atoms with van der Waals surface area (Å²) >= 11 is 3.26. The molecule has 1 aliphatic heterocycles. The second-order valence-electron chi connectivity index (χ2n) is 5.92. The van der Waals surface area contributed by atoms with Crippen LogP contribution in [0.4, 0.5) is 11.4 Å². The maximum atomic E-state index is 10.1. The van der Waals surface area contributed by atoms with Crippen molar-refractivity contribution in [2.45, 2.75) is 36.5 Å². The number of para-hydroxylation sites is 1. The van der Waals surface area contributed by atoms with Gasteiger partial charge in [-0.05, 0) is 49.5 Å². The number of thioether (sulfide) groups is 1. The van der Waals surface area contributed by atoms with Crippen molar-refractivity contribution in [3.63, 3.8) is 0 Å². The highest BCUT2D eigenvalue weighted by Gasteiger charge is 2.22. The minimum absolute atomic E-state index is 0.358. The summed E-state index contributed by atoms with van der Waals surface area (Å²) in [6, 6.07) is 14.4. The number of anilines is 2. The average molecular weight is 377 g/mol. The summed E-state index contributed by atoms with van der Waals surface area (Å²) in [5, 5.41) is 10.1. The number of fused-ring (bicyclic) bond motifs is 1. The van der Waals surface area contributed by atoms with Gasteiger partial charge in [0.25, 0.3) is 0 Å². The first-order valence-electron chi connectivity index (χ1n) is 8.73. The molecule has 5 heteroatoms. The lowest BCUT2D eigenvalue weighted by molar-refractivity contribution is 0.461. The van der Waals surface area contributed by atoms with Gasteiger partial charge in [0, 0.05) is 18.8 Å². The van der Waals surface area contributed by atoms with Gasteiger partial charge in [-0.15, -0.1) is 11.8 Å². The van der Waals surface area contributed by atoms with Crippen molar-refractivity contribution in [2.24, 2.45) is 0 Å². The molecule has 2 aromatic carbocycles. The molecule has 136 valence electrons. The summed E-state index contributed by atoms with van der Waals surface area (Å²) in [4.78, 5) is 4.33. The summed E-state index contributed by atoms with van der Waals surface area (Å²) in [6.45, 7) is 6.25. The number of phenols is 1. The number of rotatable bonds is 3. The lowest BCUT2D eigenvalue weighted by Gasteiger charge is -2.25. The van der Waals surface area contributed by atoms with E-state index in [9.17, 15) is 5.11 Å². The van der Waals surface area contributed by atoms with Crippen LogP contribution < -0.4 is 4.90 Å². The van der Waals surface area contributed by atoms with Gasteiger partial charge in [-0.3, -0.25) is 0 Å². The van der Waals surface area contributed by atoms with Gasteiger partial charge in [0.2, 0.25) is 0 Å². The van der Waals surface area contributed by atoms with E-state index in [1.807, 2.05) is 18.4 Å². The molecule has 0 aliphatic carbocycles. The Balaban J connectivity index is 0.000000511. The van der Waals surface area contributed by atoms with Crippen molar-refractivity contribution in [1.29, 1.82) is 0 Å². The number of unbranched alkanes of at least 4 members (excludes halogenated alkanes) is 1. The third kappa shape index (κ3) is 5.33. The minimum Gasteiger partial charge on any atom is -0.507 e. The molecule has 0 spiro atoms. The van der Waals surface area contributed by atoms with Crippen LogP contribution in [0.3, 0.4) is 0 Å². The zero-order valence-electron chi connectivity index (χ0n) is 15.5. The second-order valence-corrected chi connectivity index (χ2v) is 8.02. The summed E-state index contributed by atoms with van der Waals surface area (Å²) in [5.41, 5.74) is 2.35. The van der Waals surface area contributed by atoms with E-state index in [0.29, 0.717) is 5.75 Å². The first-order valence-corrected chi connectivity index (χ1v) is 10.7. The highest BCUT2D eigenvalue weighted by Crippen LogP contribution is 2.43. The van der Waals surface area contributed by atoms with E-state index in [4.69, 9.17) is 0 Å². The van der Waals surface area contributed by atoms with E-state index in [0.717, 1.165) is 28.6 Å². The van der Waals surface area contributed by atoms with Gasteiger partial charge < -0.3 is 10.0 Å². The molecular formula is C20H28N2OS2. The fraction of sp³-hybridized carbons (Fsp3) is 0.400. The fourth-order valence-electron chi connectivity index (χ4n) is 2.44. The molecule has 2 aromatic rings. The van der Waals surface area contributed by atoms with Crippen LogP contribution >= 0.6 is 23.7 Å². The predicted molar refractivity (Wildman–Crippen MR) is 112 cm³/mol. The Bertz CT molecular complexity index is 662. The van der Waals surface area contributed by atoms with Gasteiger partial charge in [-0.1, -0.05) is 44.9 Å². The van der Waals surface area contributed by atoms with Gasteiger partial charge in [-0.2, -0.15) is 0 Å². The quantitative estimate of drug-likeness (QED) is 0.523. The summed E-state index contributed by atoms with van der Waals surface area (Å²) in [5.74, 6) is 0.358. The molecule has 0 amide bonds. The molecule has 1 heterocycles. The molecule has 0 fully saturated rings. The molecule has 0 bridgehead atoms. The van der Waals surface area contributed by atoms with Gasteiger partial charge in [0.1, 0.15) is 5.75 Å². The zero-order chi connectivity index (χ0) is 18.2. The first kappa shape index (κ1) is 20.0. The number of hydrogen-bond acceptors (Lipinski definition) is 5. The Kier molecular flexibility index (Phi) is 8.00. The van der Waals surface area contributed by atoms with E-state index >= 15 is 0 Å². The minimum atomic E-state index is 0.358. The molecule has 1 aliphatic rings. The summed E-state index contributed by atoms with van der Waals surface area (Å²) < 4.78 is 2.21. The van der Waals surface area contributed by atoms with Crippen LogP contribution in [-0.4, -0.2) is 35.8 Å². The van der Waals surface area contributed by atoms with Crippen molar-refractivity contribution in [3.8, 4) is 5.75 Å². The van der Waals surface area contributed by atoms with Crippen molar-refractivity contribution in [1.82, 2.24) is 4.31 Å². The van der Waals surface area contributed by atoms with Crippen LogP contribution in [0.1, 0.15) is 26.7 Å². The largest absolute Gasteiger partial charge is 0.507 e. The van der Waals surface area contributed by atoms with Gasteiger partial charge in [0.15, 0.2) is 0 Å². The standard InChI is InChI=1S/C16H18N2OS2.C4H10/c1-17-8-9-18(12-6-4-3-5-7-12)13-10-16(20-2)14(19)11-15(13)21-17;1-3-4-2/h3-7,10-11,19H,8-9H2,1-2H3;3-4H2,1-2H3. The van der Waals surface area contributed by atoms with Gasteiger partial charge >= 0.3 is 0 Å². The maximum Gasteiger partial charge on any atom is 0.130 e. The topological polar surface area (TPSA) is 26.7 Å². The van der Waals surface area contributed by atoms with Crippen molar-refractivity contribution >= 4 is 35.1 Å². The molecule has 0 saturated heterocycles. The number of likely N-dealkylation sites (N-methyl/N-ethyl adjacent to an activating group) is 1. The predicted octanol–water partition coefficient (Wildman–Crippen LogP) is 6.01. The maximum absolute atomic E-state index is 10.1. The normalized spacial score (nSPS) is 14.3. The first-order chi connectivity index (χ1) is 12.1. The molecule has 3 nitrogen and oxygen atoms in total. The zero-order valence-corrected chi connectivity index (χ0v) is 17.2. The van der Waals surface area contributed by atoms with E-state index < -0.39 is 0 Å². The third-order valence-corrected chi connectivity index (χ3v) is 5.80. The van der Waals surface area contributed by atoms with E-state index in [-0.39, 0.29) is 0 Å². The lowest BCUT2D eigenvalue weighted by Crippen LogP contribution is -2.24. The molecule has 25 heavy (non-hydrogen) atoms. The molecule has 0 aromatic heterocycles. The van der Waals surface area contributed by atoms with Crippen LogP contribution in [0.25, 0.3) is 0 Å². The third-order valence-electron chi connectivity index (χ3n) is 4.01. The Morgan fingerprint density at radius 1 is 1.08 bits per heavy atom. The van der Waals surface area contributed by atoms with Crippen molar-refractivity contribution in [3.05, 3.63) is 42.5 Å². The van der Waals surface area contributed by atoms with Crippen LogP contribution in [0.2, 0.25) is 0 Å². The van der Waals surface area contributed by atoms with Crippen molar-refractivity contribution in [2.75, 3.05) is 31.3 Å². The lowest BCUT2D eigenvalue weighted by atomic mass is 10.2. The van der Waals surface area contributed by atoms with E-state index in [1.54, 1.807) is 23.7 Å². The molecule has 0 unspecified atom stereocenters. The SMILES string of the molecule is CCCC.CSc1cc2c(cc1O)SN(C)CCN2c1ccccc1. The Hall–Kier alpha value is -1.30. The van der Waals surface area contributed by atoms with Crippen LogP contribution in [0.15, 0.2) is 52.3 Å². The summed E-state index contributed by atoms with van der Waals surface area (Å²) in [6.07, 6.45) is 4.63. The number of nitrogens with zero attached hydrogens (tertiary/aromatic N) is 2. The summed E-state index contributed by atoms with van der Waals surface area (Å²) in [7, 11) is 2.09. The Morgan fingerprint density at radius 2 is 1.76 bits per heavy atom. The van der Waals surface area contributed by atoms with Crippen LogP contribution in [0, 0.1) is 0 Å². The van der Waals surface area contributed by atoms with Crippen LogP contribution in [0.5, 0.6) is 5.75 Å². The number of hydrogen-bond donors (Lipinski definition) is 1. The van der Waals surface area contributed by atoms with Gasteiger partial charge in [-0.25, -0.2) is 4.31 Å². The van der Waals surface area contributed by atoms with Crippen LogP contribution in [-0.2, 0) is 0 Å². The highest BCUT2D eigenvalue weighted by molar-refractivity contribution is 7.98. The monoisotopic (exact) mass is 376 g/mol. The number of aromatic hydroxyl groups is 1. The number of benzene rings is 2. The van der Waals surface area contributed by atoms with Crippen molar-refractivity contribution < 1.29 is 5.11 Å². The molecule has 3 rings (SSSR count). The Morgan fingerprint density at radius 3 is 2.36 bits per heavy atom. The smallest absolute Gasteiger partial charge is 0.130 e. The van der Waals surface area contributed by atoms with E-state index in [1.165, 1.54) is 18.5 Å². The van der Waals surface area contributed by atoms with Gasteiger partial charge in [0.05, 0.1) is 15.5 Å². The van der Waals surface area contributed by atoms with E-state index in [2.05, 4.69) is 60.4 Å². The molecular weight excluding hydrogens is 348 g/mol.